The number of nitrogens with zero attached hydrogens (tertiary/aromatic N) is 2. The standard InChI is InChI=1S/C22H23N3O/c1-26-21-9-8-20-22-17(14-24-20)12-18(13-19(21)22)25(11-5-10-23)15-16-6-3-2-4-7-16/h2-4,6-9,14,18,24H,5,11-13,15H2,1H3. The summed E-state index contributed by atoms with van der Waals surface area (Å²) in [7, 11) is 1.74. The van der Waals surface area contributed by atoms with Crippen LogP contribution < -0.4 is 4.74 Å². The maximum Gasteiger partial charge on any atom is 0.122 e. The molecule has 1 atom stereocenters. The average molecular weight is 345 g/mol. The normalized spacial score (nSPS) is 16.0. The number of benzene rings is 2. The van der Waals surface area contributed by atoms with Gasteiger partial charge in [-0.05, 0) is 36.1 Å². The van der Waals surface area contributed by atoms with Gasteiger partial charge in [0, 0.05) is 48.2 Å². The zero-order valence-corrected chi connectivity index (χ0v) is 15.0. The Hall–Kier alpha value is -2.77. The molecule has 0 aliphatic heterocycles. The third kappa shape index (κ3) is 3.07. The van der Waals surface area contributed by atoms with Crippen molar-refractivity contribution in [2.75, 3.05) is 13.7 Å². The molecule has 0 saturated carbocycles. The van der Waals surface area contributed by atoms with Crippen molar-refractivity contribution >= 4 is 10.9 Å². The minimum atomic E-state index is 0.367. The zero-order chi connectivity index (χ0) is 17.9. The summed E-state index contributed by atoms with van der Waals surface area (Å²) in [6.45, 7) is 1.65. The molecule has 0 saturated heterocycles. The zero-order valence-electron chi connectivity index (χ0n) is 15.0. The largest absolute Gasteiger partial charge is 0.496 e. The van der Waals surface area contributed by atoms with Gasteiger partial charge < -0.3 is 9.72 Å². The summed E-state index contributed by atoms with van der Waals surface area (Å²) in [6, 6.07) is 17.3. The van der Waals surface area contributed by atoms with E-state index >= 15 is 0 Å². The van der Waals surface area contributed by atoms with Crippen LogP contribution in [0.2, 0.25) is 0 Å². The maximum atomic E-state index is 9.11. The van der Waals surface area contributed by atoms with Crippen molar-refractivity contribution in [2.24, 2.45) is 0 Å². The Bertz CT molecular complexity index is 939. The van der Waals surface area contributed by atoms with Crippen molar-refractivity contribution in [1.82, 2.24) is 9.88 Å². The van der Waals surface area contributed by atoms with E-state index in [0.29, 0.717) is 12.5 Å². The van der Waals surface area contributed by atoms with Crippen LogP contribution in [0.15, 0.2) is 48.7 Å². The Balaban J connectivity index is 1.66. The summed E-state index contributed by atoms with van der Waals surface area (Å²) in [5, 5.41) is 10.4. The highest BCUT2D eigenvalue weighted by atomic mass is 16.5. The van der Waals surface area contributed by atoms with E-state index in [1.807, 2.05) is 6.07 Å². The van der Waals surface area contributed by atoms with E-state index in [2.05, 4.69) is 58.5 Å². The first-order valence-electron chi connectivity index (χ1n) is 9.11. The predicted octanol–water partition coefficient (Wildman–Crippen LogP) is 4.06. The topological polar surface area (TPSA) is 52.0 Å². The molecule has 1 N–H and O–H groups in total. The molecule has 0 radical (unpaired) electrons. The molecular formula is C22H23N3O. The van der Waals surface area contributed by atoms with Gasteiger partial charge in [-0.2, -0.15) is 5.26 Å². The number of hydrogen-bond donors (Lipinski definition) is 1. The van der Waals surface area contributed by atoms with Crippen molar-refractivity contribution < 1.29 is 4.74 Å². The Morgan fingerprint density at radius 1 is 1.19 bits per heavy atom. The minimum absolute atomic E-state index is 0.367. The first-order valence-corrected chi connectivity index (χ1v) is 9.11. The molecule has 0 fully saturated rings. The lowest BCUT2D eigenvalue weighted by Gasteiger charge is -2.34. The number of aromatic nitrogens is 1. The van der Waals surface area contributed by atoms with Crippen LogP contribution in [0, 0.1) is 11.3 Å². The van der Waals surface area contributed by atoms with Gasteiger partial charge in [0.15, 0.2) is 0 Å². The summed E-state index contributed by atoms with van der Waals surface area (Å²) >= 11 is 0. The van der Waals surface area contributed by atoms with E-state index in [4.69, 9.17) is 10.00 Å². The van der Waals surface area contributed by atoms with Gasteiger partial charge >= 0.3 is 0 Å². The third-order valence-corrected chi connectivity index (χ3v) is 5.36. The fraction of sp³-hybridized carbons (Fsp3) is 0.318. The molecule has 0 spiro atoms. The Morgan fingerprint density at radius 2 is 2.04 bits per heavy atom. The summed E-state index contributed by atoms with van der Waals surface area (Å²) in [4.78, 5) is 5.85. The fourth-order valence-electron chi connectivity index (χ4n) is 4.13. The summed E-state index contributed by atoms with van der Waals surface area (Å²) in [5.74, 6) is 0.961. The highest BCUT2D eigenvalue weighted by Gasteiger charge is 2.28. The molecule has 1 aliphatic carbocycles. The van der Waals surface area contributed by atoms with Crippen molar-refractivity contribution in [3.05, 3.63) is 65.4 Å². The van der Waals surface area contributed by atoms with E-state index < -0.39 is 0 Å². The van der Waals surface area contributed by atoms with Gasteiger partial charge in [-0.15, -0.1) is 0 Å². The third-order valence-electron chi connectivity index (χ3n) is 5.36. The number of H-pyrrole nitrogens is 1. The van der Waals surface area contributed by atoms with Crippen molar-refractivity contribution in [3.63, 3.8) is 0 Å². The molecule has 26 heavy (non-hydrogen) atoms. The Kier molecular flexibility index (Phi) is 4.64. The molecule has 1 aliphatic rings. The molecule has 1 unspecified atom stereocenters. The second-order valence-electron chi connectivity index (χ2n) is 6.91. The van der Waals surface area contributed by atoms with Crippen LogP contribution in [0.5, 0.6) is 5.75 Å². The number of nitrogens with one attached hydrogen (secondary N) is 1. The van der Waals surface area contributed by atoms with Crippen LogP contribution in [-0.2, 0) is 19.4 Å². The lowest BCUT2D eigenvalue weighted by Crippen LogP contribution is -2.40. The number of ether oxygens (including phenoxy) is 1. The molecule has 1 aromatic heterocycles. The predicted molar refractivity (Wildman–Crippen MR) is 103 cm³/mol. The molecule has 2 aromatic carbocycles. The van der Waals surface area contributed by atoms with Gasteiger partial charge in [-0.1, -0.05) is 30.3 Å². The molecule has 4 heteroatoms. The van der Waals surface area contributed by atoms with Gasteiger partial charge in [-0.3, -0.25) is 4.90 Å². The van der Waals surface area contributed by atoms with E-state index in [0.717, 1.165) is 31.7 Å². The van der Waals surface area contributed by atoms with Gasteiger partial charge in [0.1, 0.15) is 5.75 Å². The second-order valence-corrected chi connectivity index (χ2v) is 6.91. The van der Waals surface area contributed by atoms with Crippen LogP contribution in [0.4, 0.5) is 0 Å². The second kappa shape index (κ2) is 7.23. The lowest BCUT2D eigenvalue weighted by molar-refractivity contribution is 0.185. The maximum absolute atomic E-state index is 9.11. The molecule has 132 valence electrons. The van der Waals surface area contributed by atoms with Crippen LogP contribution in [0.25, 0.3) is 10.9 Å². The highest BCUT2D eigenvalue weighted by molar-refractivity contribution is 5.89. The SMILES string of the molecule is COc1ccc2[nH]cc3c2c1CC(N(CCC#N)Cc1ccccc1)C3. The molecule has 4 nitrogen and oxygen atoms in total. The van der Waals surface area contributed by atoms with E-state index in [1.165, 1.54) is 27.6 Å². The van der Waals surface area contributed by atoms with Gasteiger partial charge in [0.25, 0.3) is 0 Å². The minimum Gasteiger partial charge on any atom is -0.496 e. The monoisotopic (exact) mass is 345 g/mol. The van der Waals surface area contributed by atoms with Crippen molar-refractivity contribution in [1.29, 1.82) is 5.26 Å². The smallest absolute Gasteiger partial charge is 0.122 e. The molecule has 4 rings (SSSR count). The van der Waals surface area contributed by atoms with Crippen LogP contribution >= 0.6 is 0 Å². The highest BCUT2D eigenvalue weighted by Crippen LogP contribution is 2.37. The van der Waals surface area contributed by atoms with E-state index in [9.17, 15) is 0 Å². The Labute approximate surface area is 154 Å². The van der Waals surface area contributed by atoms with Crippen LogP contribution in [0.1, 0.15) is 23.1 Å². The first kappa shape index (κ1) is 16.7. The number of nitriles is 1. The average Bonchev–Trinajstić information content (AvgIpc) is 3.10. The number of hydrogen-bond acceptors (Lipinski definition) is 3. The van der Waals surface area contributed by atoms with E-state index in [1.54, 1.807) is 7.11 Å². The van der Waals surface area contributed by atoms with Gasteiger partial charge in [-0.25, -0.2) is 0 Å². The summed E-state index contributed by atoms with van der Waals surface area (Å²) in [5.41, 5.74) is 5.10. The Morgan fingerprint density at radius 3 is 2.81 bits per heavy atom. The van der Waals surface area contributed by atoms with Crippen LogP contribution in [0.3, 0.4) is 0 Å². The van der Waals surface area contributed by atoms with Gasteiger partial charge in [0.05, 0.1) is 13.2 Å². The summed E-state index contributed by atoms with van der Waals surface area (Å²) in [6.07, 6.45) is 4.62. The summed E-state index contributed by atoms with van der Waals surface area (Å²) < 4.78 is 5.65. The molecule has 0 bridgehead atoms. The molecule has 1 heterocycles. The molecule has 0 amide bonds. The number of methoxy groups -OCH3 is 1. The number of rotatable bonds is 6. The van der Waals surface area contributed by atoms with E-state index in [-0.39, 0.29) is 0 Å². The molecular weight excluding hydrogens is 322 g/mol. The van der Waals surface area contributed by atoms with Crippen molar-refractivity contribution in [3.8, 4) is 11.8 Å². The van der Waals surface area contributed by atoms with Gasteiger partial charge in [0.2, 0.25) is 0 Å². The van der Waals surface area contributed by atoms with Crippen molar-refractivity contribution in [2.45, 2.75) is 31.8 Å². The number of aromatic amines is 1. The quantitative estimate of drug-likeness (QED) is 0.733. The first-order chi connectivity index (χ1) is 12.8. The molecule has 3 aromatic rings. The fourth-order valence-corrected chi connectivity index (χ4v) is 4.13. The van der Waals surface area contributed by atoms with Crippen LogP contribution in [-0.4, -0.2) is 29.6 Å². The lowest BCUT2D eigenvalue weighted by atomic mass is 9.87.